The molecule has 4 nitrogen and oxygen atoms in total. The molecule has 0 saturated heterocycles. The number of hydrogen-bond donors (Lipinski definition) is 1. The third-order valence-corrected chi connectivity index (χ3v) is 5.42. The van der Waals surface area contributed by atoms with Gasteiger partial charge in [0.15, 0.2) is 0 Å². The molecule has 0 spiro atoms. The number of thiazole rings is 1. The van der Waals surface area contributed by atoms with Gasteiger partial charge < -0.3 is 10.1 Å². The lowest BCUT2D eigenvalue weighted by atomic mass is 10.2. The Balaban J connectivity index is 1.51. The molecule has 0 fully saturated rings. The molecule has 0 aliphatic heterocycles. The number of thioether (sulfide) groups is 1. The van der Waals surface area contributed by atoms with Crippen molar-refractivity contribution in [3.8, 4) is 5.75 Å². The van der Waals surface area contributed by atoms with Gasteiger partial charge in [-0.1, -0.05) is 29.8 Å². The van der Waals surface area contributed by atoms with Crippen LogP contribution >= 0.6 is 34.7 Å². The lowest BCUT2D eigenvalue weighted by molar-refractivity contribution is 0.0944. The third kappa shape index (κ3) is 5.49. The van der Waals surface area contributed by atoms with Crippen LogP contribution in [0.3, 0.4) is 0 Å². The van der Waals surface area contributed by atoms with E-state index in [1.54, 1.807) is 35.2 Å². The van der Waals surface area contributed by atoms with E-state index in [9.17, 15) is 4.79 Å². The fourth-order valence-electron chi connectivity index (χ4n) is 2.23. The highest BCUT2D eigenvalue weighted by Crippen LogP contribution is 2.26. The molecule has 3 rings (SSSR count). The van der Waals surface area contributed by atoms with Gasteiger partial charge in [0.2, 0.25) is 0 Å². The SMILES string of the molecule is O=C(NCCOc1cccc(Cl)c1)c1ccccc1SCc1cscn1. The fraction of sp³-hybridized carbons (Fsp3) is 0.158. The number of ether oxygens (including phenoxy) is 1. The van der Waals surface area contributed by atoms with Crippen molar-refractivity contribution in [2.75, 3.05) is 13.2 Å². The summed E-state index contributed by atoms with van der Waals surface area (Å²) < 4.78 is 5.59. The number of hydrogen-bond acceptors (Lipinski definition) is 5. The zero-order valence-corrected chi connectivity index (χ0v) is 16.2. The molecule has 0 unspecified atom stereocenters. The molecule has 1 heterocycles. The highest BCUT2D eigenvalue weighted by atomic mass is 35.5. The molecule has 0 atom stereocenters. The van der Waals surface area contributed by atoms with Gasteiger partial charge in [0, 0.05) is 21.1 Å². The third-order valence-electron chi connectivity index (χ3n) is 3.44. The molecule has 0 aliphatic rings. The summed E-state index contributed by atoms with van der Waals surface area (Å²) in [7, 11) is 0. The fourth-order valence-corrected chi connectivity index (χ4v) is 4.02. The zero-order chi connectivity index (χ0) is 18.2. The normalized spacial score (nSPS) is 10.5. The average molecular weight is 405 g/mol. The van der Waals surface area contributed by atoms with Crippen molar-refractivity contribution in [1.82, 2.24) is 10.3 Å². The van der Waals surface area contributed by atoms with Crippen LogP contribution in [0.25, 0.3) is 0 Å². The van der Waals surface area contributed by atoms with Crippen molar-refractivity contribution in [3.05, 3.63) is 75.7 Å². The largest absolute Gasteiger partial charge is 0.492 e. The molecule has 0 saturated carbocycles. The quantitative estimate of drug-likeness (QED) is 0.428. The maximum atomic E-state index is 12.5. The summed E-state index contributed by atoms with van der Waals surface area (Å²) in [5.41, 5.74) is 3.50. The Kier molecular flexibility index (Phi) is 6.94. The predicted molar refractivity (Wildman–Crippen MR) is 107 cm³/mol. The molecular weight excluding hydrogens is 388 g/mol. The van der Waals surface area contributed by atoms with E-state index in [0.717, 1.165) is 16.3 Å². The van der Waals surface area contributed by atoms with Gasteiger partial charge in [0.25, 0.3) is 5.91 Å². The first-order valence-corrected chi connectivity index (χ1v) is 10.3. The number of nitrogens with one attached hydrogen (secondary N) is 1. The standard InChI is InChI=1S/C19H17ClN2O2S2/c20-14-4-3-5-16(10-14)24-9-8-21-19(23)17-6-1-2-7-18(17)26-12-15-11-25-13-22-15/h1-7,10-11,13H,8-9,12H2,(H,21,23). The zero-order valence-electron chi connectivity index (χ0n) is 13.9. The van der Waals surface area contributed by atoms with E-state index in [2.05, 4.69) is 10.3 Å². The summed E-state index contributed by atoms with van der Waals surface area (Å²) in [4.78, 5) is 17.7. The number of halogens is 1. The van der Waals surface area contributed by atoms with Crippen LogP contribution in [0.5, 0.6) is 5.75 Å². The van der Waals surface area contributed by atoms with Crippen LogP contribution < -0.4 is 10.1 Å². The first kappa shape index (κ1) is 18.8. The highest BCUT2D eigenvalue weighted by molar-refractivity contribution is 7.98. The Hall–Kier alpha value is -2.02. The molecule has 0 bridgehead atoms. The van der Waals surface area contributed by atoms with Gasteiger partial charge in [-0.05, 0) is 30.3 Å². The number of carbonyl (C=O) groups is 1. The molecule has 7 heteroatoms. The second kappa shape index (κ2) is 9.62. The van der Waals surface area contributed by atoms with Gasteiger partial charge in [-0.3, -0.25) is 4.79 Å². The number of rotatable bonds is 8. The van der Waals surface area contributed by atoms with E-state index in [-0.39, 0.29) is 5.91 Å². The summed E-state index contributed by atoms with van der Waals surface area (Å²) in [6.45, 7) is 0.788. The minimum absolute atomic E-state index is 0.110. The van der Waals surface area contributed by atoms with Crippen LogP contribution in [0, 0.1) is 0 Å². The minimum atomic E-state index is -0.110. The minimum Gasteiger partial charge on any atom is -0.492 e. The lowest BCUT2D eigenvalue weighted by Gasteiger charge is -2.10. The van der Waals surface area contributed by atoms with Gasteiger partial charge in [0.1, 0.15) is 12.4 Å². The number of carbonyl (C=O) groups excluding carboxylic acids is 1. The molecule has 3 aromatic rings. The van der Waals surface area contributed by atoms with Crippen LogP contribution in [0.15, 0.2) is 64.3 Å². The molecule has 0 aliphatic carbocycles. The lowest BCUT2D eigenvalue weighted by Crippen LogP contribution is -2.28. The van der Waals surface area contributed by atoms with Crippen molar-refractivity contribution in [1.29, 1.82) is 0 Å². The topological polar surface area (TPSA) is 51.2 Å². The van der Waals surface area contributed by atoms with E-state index in [0.29, 0.717) is 29.5 Å². The van der Waals surface area contributed by atoms with E-state index < -0.39 is 0 Å². The van der Waals surface area contributed by atoms with Crippen molar-refractivity contribution in [2.24, 2.45) is 0 Å². The van der Waals surface area contributed by atoms with Crippen molar-refractivity contribution < 1.29 is 9.53 Å². The second-order valence-corrected chi connectivity index (χ2v) is 7.50. The van der Waals surface area contributed by atoms with Crippen LogP contribution in [-0.4, -0.2) is 24.0 Å². The molecule has 26 heavy (non-hydrogen) atoms. The smallest absolute Gasteiger partial charge is 0.252 e. The second-order valence-electron chi connectivity index (χ2n) is 5.33. The monoisotopic (exact) mass is 404 g/mol. The number of benzene rings is 2. The molecular formula is C19H17ClN2O2S2. The summed E-state index contributed by atoms with van der Waals surface area (Å²) in [6, 6.07) is 14.8. The number of nitrogens with zero attached hydrogens (tertiary/aromatic N) is 1. The Morgan fingerprint density at radius 2 is 2.12 bits per heavy atom. The molecule has 2 aromatic carbocycles. The van der Waals surface area contributed by atoms with Crippen LogP contribution in [0.4, 0.5) is 0 Å². The van der Waals surface area contributed by atoms with E-state index >= 15 is 0 Å². The summed E-state index contributed by atoms with van der Waals surface area (Å²) in [5.74, 6) is 1.32. The Labute approximate surface area is 165 Å². The predicted octanol–water partition coefficient (Wildman–Crippen LogP) is 4.90. The molecule has 1 aromatic heterocycles. The number of aromatic nitrogens is 1. The number of amides is 1. The van der Waals surface area contributed by atoms with Gasteiger partial charge >= 0.3 is 0 Å². The summed E-state index contributed by atoms with van der Waals surface area (Å²) >= 11 is 9.10. The van der Waals surface area contributed by atoms with E-state index in [1.807, 2.05) is 47.3 Å². The van der Waals surface area contributed by atoms with Gasteiger partial charge in [-0.2, -0.15) is 0 Å². The maximum absolute atomic E-state index is 12.5. The van der Waals surface area contributed by atoms with Crippen LogP contribution in [-0.2, 0) is 5.75 Å². The van der Waals surface area contributed by atoms with Crippen LogP contribution in [0.2, 0.25) is 5.02 Å². The molecule has 1 N–H and O–H groups in total. The van der Waals surface area contributed by atoms with Gasteiger partial charge in [-0.25, -0.2) is 4.98 Å². The summed E-state index contributed by atoms with van der Waals surface area (Å²) in [5, 5.41) is 5.53. The van der Waals surface area contributed by atoms with Gasteiger partial charge in [0.05, 0.1) is 23.3 Å². The van der Waals surface area contributed by atoms with E-state index in [1.165, 1.54) is 0 Å². The molecule has 0 radical (unpaired) electrons. The van der Waals surface area contributed by atoms with Crippen molar-refractivity contribution in [3.63, 3.8) is 0 Å². The summed E-state index contributed by atoms with van der Waals surface area (Å²) in [6.07, 6.45) is 0. The molecule has 1 amide bonds. The highest BCUT2D eigenvalue weighted by Gasteiger charge is 2.11. The van der Waals surface area contributed by atoms with E-state index in [4.69, 9.17) is 16.3 Å². The van der Waals surface area contributed by atoms with Crippen molar-refractivity contribution in [2.45, 2.75) is 10.6 Å². The van der Waals surface area contributed by atoms with Crippen LogP contribution in [0.1, 0.15) is 16.1 Å². The average Bonchev–Trinajstić information content (AvgIpc) is 3.17. The maximum Gasteiger partial charge on any atom is 0.252 e. The first-order chi connectivity index (χ1) is 12.7. The molecule has 134 valence electrons. The Bertz CT molecular complexity index is 856. The Morgan fingerprint density at radius 1 is 1.23 bits per heavy atom. The first-order valence-electron chi connectivity index (χ1n) is 7.98. The van der Waals surface area contributed by atoms with Gasteiger partial charge in [-0.15, -0.1) is 23.1 Å². The van der Waals surface area contributed by atoms with Crippen molar-refractivity contribution >= 4 is 40.6 Å². The Morgan fingerprint density at radius 3 is 2.92 bits per heavy atom.